The summed E-state index contributed by atoms with van der Waals surface area (Å²) >= 11 is 5.82. The van der Waals surface area contributed by atoms with E-state index in [2.05, 4.69) is 5.32 Å². The number of methoxy groups -OCH3 is 1. The van der Waals surface area contributed by atoms with Crippen LogP contribution in [0.4, 0.5) is 11.4 Å². The number of anilines is 1. The molecule has 3 rings (SSSR count). The van der Waals surface area contributed by atoms with E-state index in [9.17, 15) is 23.3 Å². The molecule has 0 aliphatic heterocycles. The normalized spacial score (nSPS) is 11.0. The number of nitro groups is 1. The number of nitro benzene ring substituents is 1. The number of nitrogens with one attached hydrogen (secondary N) is 1. The lowest BCUT2D eigenvalue weighted by molar-refractivity contribution is -0.384. The van der Waals surface area contributed by atoms with Crippen LogP contribution in [0.3, 0.4) is 0 Å². The highest BCUT2D eigenvalue weighted by molar-refractivity contribution is 7.92. The highest BCUT2D eigenvalue weighted by Crippen LogP contribution is 2.30. The van der Waals surface area contributed by atoms with Crippen molar-refractivity contribution in [3.63, 3.8) is 0 Å². The van der Waals surface area contributed by atoms with Crippen molar-refractivity contribution in [1.29, 1.82) is 0 Å². The first-order valence-electron chi connectivity index (χ1n) is 9.64. The van der Waals surface area contributed by atoms with E-state index in [1.54, 1.807) is 42.5 Å². The summed E-state index contributed by atoms with van der Waals surface area (Å²) in [4.78, 5) is 22.8. The number of hydrogen-bond donors (Lipinski definition) is 1. The summed E-state index contributed by atoms with van der Waals surface area (Å²) in [5.41, 5.74) is 0.393. The number of amides is 1. The van der Waals surface area contributed by atoms with Crippen molar-refractivity contribution < 1.29 is 22.9 Å². The SMILES string of the molecule is COc1ccccc1CNC(=O)CN(c1ccccc1)S(=O)(=O)c1ccc(Cl)c([N+](=O)[O-])c1. The van der Waals surface area contributed by atoms with Crippen LogP contribution in [0.25, 0.3) is 0 Å². The molecule has 0 atom stereocenters. The average molecular weight is 490 g/mol. The summed E-state index contributed by atoms with van der Waals surface area (Å²) in [7, 11) is -2.82. The maximum absolute atomic E-state index is 13.4. The minimum absolute atomic E-state index is 0.123. The van der Waals surface area contributed by atoms with E-state index in [-0.39, 0.29) is 22.2 Å². The maximum Gasteiger partial charge on any atom is 0.289 e. The van der Waals surface area contributed by atoms with Crippen molar-refractivity contribution in [2.45, 2.75) is 11.4 Å². The monoisotopic (exact) mass is 489 g/mol. The Morgan fingerprint density at radius 2 is 1.76 bits per heavy atom. The molecule has 11 heteroatoms. The van der Waals surface area contributed by atoms with Crippen LogP contribution < -0.4 is 14.4 Å². The van der Waals surface area contributed by atoms with Gasteiger partial charge in [-0.05, 0) is 30.3 Å². The van der Waals surface area contributed by atoms with Gasteiger partial charge in [-0.1, -0.05) is 48.0 Å². The molecule has 1 amide bonds. The average Bonchev–Trinajstić information content (AvgIpc) is 2.81. The van der Waals surface area contributed by atoms with Gasteiger partial charge in [0.2, 0.25) is 5.91 Å². The molecule has 0 aliphatic rings. The summed E-state index contributed by atoms with van der Waals surface area (Å²) in [5.74, 6) is 0.00982. The zero-order valence-electron chi connectivity index (χ0n) is 17.5. The molecule has 0 aromatic heterocycles. The molecule has 3 aromatic carbocycles. The first-order chi connectivity index (χ1) is 15.7. The first kappa shape index (κ1) is 24.0. The van der Waals surface area contributed by atoms with Crippen molar-refractivity contribution in [1.82, 2.24) is 5.32 Å². The van der Waals surface area contributed by atoms with Gasteiger partial charge in [-0.3, -0.25) is 19.2 Å². The topological polar surface area (TPSA) is 119 Å². The van der Waals surface area contributed by atoms with Crippen molar-refractivity contribution in [3.8, 4) is 5.75 Å². The van der Waals surface area contributed by atoms with Gasteiger partial charge in [0.25, 0.3) is 15.7 Å². The molecule has 1 N–H and O–H groups in total. The van der Waals surface area contributed by atoms with Gasteiger partial charge in [-0.15, -0.1) is 0 Å². The highest BCUT2D eigenvalue weighted by Gasteiger charge is 2.29. The smallest absolute Gasteiger partial charge is 0.289 e. The molecule has 0 heterocycles. The number of carbonyl (C=O) groups excluding carboxylic acids is 1. The Morgan fingerprint density at radius 1 is 1.09 bits per heavy atom. The van der Waals surface area contributed by atoms with E-state index in [0.29, 0.717) is 5.75 Å². The summed E-state index contributed by atoms with van der Waals surface area (Å²) in [6.45, 7) is -0.421. The van der Waals surface area contributed by atoms with E-state index in [4.69, 9.17) is 16.3 Å². The molecule has 3 aromatic rings. The van der Waals surface area contributed by atoms with Crippen molar-refractivity contribution in [3.05, 3.63) is 93.5 Å². The van der Waals surface area contributed by atoms with Crippen LogP contribution in [0.2, 0.25) is 5.02 Å². The number of carbonyl (C=O) groups is 1. The van der Waals surface area contributed by atoms with Gasteiger partial charge in [0, 0.05) is 18.2 Å². The van der Waals surface area contributed by atoms with Gasteiger partial charge in [0.1, 0.15) is 17.3 Å². The van der Waals surface area contributed by atoms with Gasteiger partial charge < -0.3 is 10.1 Å². The van der Waals surface area contributed by atoms with Gasteiger partial charge in [-0.25, -0.2) is 8.42 Å². The number of sulfonamides is 1. The number of para-hydroxylation sites is 2. The second-order valence-electron chi connectivity index (χ2n) is 6.81. The lowest BCUT2D eigenvalue weighted by Crippen LogP contribution is -2.40. The van der Waals surface area contributed by atoms with Gasteiger partial charge in [-0.2, -0.15) is 0 Å². The highest BCUT2D eigenvalue weighted by atomic mass is 35.5. The zero-order valence-corrected chi connectivity index (χ0v) is 19.0. The third kappa shape index (κ3) is 5.60. The van der Waals surface area contributed by atoms with Gasteiger partial charge in [0.05, 0.1) is 22.6 Å². The van der Waals surface area contributed by atoms with Gasteiger partial charge in [0.15, 0.2) is 0 Å². The van der Waals surface area contributed by atoms with Crippen LogP contribution in [0.1, 0.15) is 5.56 Å². The van der Waals surface area contributed by atoms with Crippen LogP contribution >= 0.6 is 11.6 Å². The number of hydrogen-bond acceptors (Lipinski definition) is 6. The summed E-state index contributed by atoms with van der Waals surface area (Å²) < 4.78 is 32.9. The van der Waals surface area contributed by atoms with Crippen molar-refractivity contribution >= 4 is 38.9 Å². The fraction of sp³-hybridized carbons (Fsp3) is 0.136. The van der Waals surface area contributed by atoms with Crippen molar-refractivity contribution in [2.24, 2.45) is 0 Å². The predicted octanol–water partition coefficient (Wildman–Crippen LogP) is 3.77. The Kier molecular flexibility index (Phi) is 7.52. The second-order valence-corrected chi connectivity index (χ2v) is 9.08. The zero-order chi connectivity index (χ0) is 24.0. The molecule has 0 fully saturated rings. The summed E-state index contributed by atoms with van der Waals surface area (Å²) in [6, 6.07) is 18.3. The molecule has 33 heavy (non-hydrogen) atoms. The van der Waals surface area contributed by atoms with E-state index >= 15 is 0 Å². The molecule has 0 aliphatic carbocycles. The molecule has 0 unspecified atom stereocenters. The quantitative estimate of drug-likeness (QED) is 0.361. The third-order valence-corrected chi connectivity index (χ3v) is 6.79. The number of nitrogens with zero attached hydrogens (tertiary/aromatic N) is 2. The Labute approximate surface area is 195 Å². The largest absolute Gasteiger partial charge is 0.496 e. The predicted molar refractivity (Wildman–Crippen MR) is 124 cm³/mol. The second kappa shape index (κ2) is 10.3. The fourth-order valence-electron chi connectivity index (χ4n) is 3.06. The van der Waals surface area contributed by atoms with E-state index < -0.39 is 33.1 Å². The molecule has 172 valence electrons. The minimum atomic E-state index is -4.33. The number of halogens is 1. The Hall–Kier alpha value is -3.63. The standard InChI is InChI=1S/C22H20ClN3O6S/c1-32-21-10-6-5-7-16(21)14-24-22(27)15-25(17-8-3-2-4-9-17)33(30,31)18-11-12-19(23)20(13-18)26(28)29/h2-13H,14-15H2,1H3,(H,24,27). The maximum atomic E-state index is 13.4. The van der Waals surface area contributed by atoms with Crippen LogP contribution in [-0.2, 0) is 21.4 Å². The van der Waals surface area contributed by atoms with E-state index in [1.807, 2.05) is 0 Å². The minimum Gasteiger partial charge on any atom is -0.496 e. The van der Waals surface area contributed by atoms with Crippen LogP contribution in [0.15, 0.2) is 77.7 Å². The summed E-state index contributed by atoms with van der Waals surface area (Å²) in [6.07, 6.45) is 0. The van der Waals surface area contributed by atoms with Crippen LogP contribution in [-0.4, -0.2) is 32.9 Å². The van der Waals surface area contributed by atoms with Crippen molar-refractivity contribution in [2.75, 3.05) is 18.0 Å². The molecule has 0 bridgehead atoms. The molecular formula is C22H20ClN3O6S. The molecule has 0 radical (unpaired) electrons. The molecular weight excluding hydrogens is 470 g/mol. The lowest BCUT2D eigenvalue weighted by Gasteiger charge is -2.24. The number of ether oxygens (including phenoxy) is 1. The first-order valence-corrected chi connectivity index (χ1v) is 11.5. The van der Waals surface area contributed by atoms with E-state index in [1.165, 1.54) is 19.2 Å². The Balaban J connectivity index is 1.90. The molecule has 0 saturated heterocycles. The summed E-state index contributed by atoms with van der Waals surface area (Å²) in [5, 5.41) is 13.7. The molecule has 0 spiro atoms. The number of benzene rings is 3. The van der Waals surface area contributed by atoms with Crippen LogP contribution in [0, 0.1) is 10.1 Å². The van der Waals surface area contributed by atoms with E-state index in [0.717, 1.165) is 28.1 Å². The third-order valence-electron chi connectivity index (χ3n) is 4.70. The Morgan fingerprint density at radius 3 is 2.42 bits per heavy atom. The Bertz CT molecular complexity index is 1270. The number of rotatable bonds is 9. The fourth-order valence-corrected chi connectivity index (χ4v) is 4.69. The van der Waals surface area contributed by atoms with Crippen LogP contribution in [0.5, 0.6) is 5.75 Å². The van der Waals surface area contributed by atoms with Gasteiger partial charge >= 0.3 is 0 Å². The lowest BCUT2D eigenvalue weighted by atomic mass is 10.2. The molecule has 0 saturated carbocycles. The molecule has 9 nitrogen and oxygen atoms in total.